The van der Waals surface area contributed by atoms with Crippen LogP contribution >= 0.6 is 15.9 Å². The molecular formula is C16H18BrNO2. The smallest absolute Gasteiger partial charge is 0.198 e. The van der Waals surface area contributed by atoms with Crippen LogP contribution < -0.4 is 0 Å². The summed E-state index contributed by atoms with van der Waals surface area (Å²) < 4.78 is 1.70. The lowest BCUT2D eigenvalue weighted by Gasteiger charge is -2.47. The quantitative estimate of drug-likeness (QED) is 0.501. The summed E-state index contributed by atoms with van der Waals surface area (Å²) in [6, 6.07) is 0. The molecule has 20 heavy (non-hydrogen) atoms. The summed E-state index contributed by atoms with van der Waals surface area (Å²) in [4.78, 5) is 0. The molecule has 2 N–H and O–H groups in total. The summed E-state index contributed by atoms with van der Waals surface area (Å²) in [7, 11) is 0. The number of hydrogen-bond donors (Lipinski definition) is 2. The van der Waals surface area contributed by atoms with Gasteiger partial charge in [-0.05, 0) is 24.7 Å². The third-order valence-electron chi connectivity index (χ3n) is 5.07. The number of allylic oxidation sites excluding steroid dienone is 4. The summed E-state index contributed by atoms with van der Waals surface area (Å²) in [5.74, 6) is 2.08. The molecule has 0 radical (unpaired) electrons. The van der Waals surface area contributed by atoms with Crippen molar-refractivity contribution < 1.29 is 10.2 Å². The van der Waals surface area contributed by atoms with Crippen molar-refractivity contribution in [2.75, 3.05) is 5.33 Å². The Bertz CT molecular complexity index is 571. The van der Waals surface area contributed by atoms with Gasteiger partial charge in [0.25, 0.3) is 0 Å². The Kier molecular flexibility index (Phi) is 2.78. The molecule has 1 aromatic rings. The standard InChI is InChI=1S/C16H18BrNO2/c17-7-1-2-8-18-15(19)13-11-5-6-12(14(13)16(18)20)10-4-3-9(10)11/h3-6,9-12,19-20H,1-2,7-8H2. The molecule has 0 fully saturated rings. The highest BCUT2D eigenvalue weighted by atomic mass is 79.9. The Morgan fingerprint density at radius 3 is 1.90 bits per heavy atom. The zero-order chi connectivity index (χ0) is 13.9. The van der Waals surface area contributed by atoms with Crippen molar-refractivity contribution in [1.82, 2.24) is 4.57 Å². The van der Waals surface area contributed by atoms with Gasteiger partial charge in [0.2, 0.25) is 0 Å². The first-order chi connectivity index (χ1) is 9.74. The molecule has 3 nitrogen and oxygen atoms in total. The predicted molar refractivity (Wildman–Crippen MR) is 81.5 cm³/mol. The number of rotatable bonds is 4. The van der Waals surface area contributed by atoms with E-state index in [0.29, 0.717) is 18.4 Å². The first kappa shape index (κ1) is 12.6. The average molecular weight is 336 g/mol. The summed E-state index contributed by atoms with van der Waals surface area (Å²) >= 11 is 3.42. The first-order valence-electron chi connectivity index (χ1n) is 7.31. The number of hydrogen-bond acceptors (Lipinski definition) is 2. The molecule has 4 unspecified atom stereocenters. The van der Waals surface area contributed by atoms with E-state index in [0.717, 1.165) is 29.3 Å². The Balaban J connectivity index is 1.75. The van der Waals surface area contributed by atoms with Crippen molar-refractivity contribution in [3.8, 4) is 11.8 Å². The fourth-order valence-electron chi connectivity index (χ4n) is 4.02. The van der Waals surface area contributed by atoms with Crippen molar-refractivity contribution in [2.45, 2.75) is 31.2 Å². The van der Waals surface area contributed by atoms with Gasteiger partial charge in [-0.15, -0.1) is 0 Å². The highest BCUT2D eigenvalue weighted by molar-refractivity contribution is 9.09. The second-order valence-electron chi connectivity index (χ2n) is 6.00. The van der Waals surface area contributed by atoms with Crippen molar-refractivity contribution in [3.05, 3.63) is 35.4 Å². The van der Waals surface area contributed by atoms with Gasteiger partial charge in [0, 0.05) is 34.8 Å². The molecule has 0 aromatic carbocycles. The highest BCUT2D eigenvalue weighted by Gasteiger charge is 2.49. The van der Waals surface area contributed by atoms with E-state index in [2.05, 4.69) is 40.2 Å². The third-order valence-corrected chi connectivity index (χ3v) is 5.63. The number of aromatic nitrogens is 1. The average Bonchev–Trinajstić information content (AvgIpc) is 2.65. The molecule has 0 aliphatic heterocycles. The van der Waals surface area contributed by atoms with Crippen LogP contribution in [0.15, 0.2) is 24.3 Å². The van der Waals surface area contributed by atoms with E-state index in [1.54, 1.807) is 4.57 Å². The highest BCUT2D eigenvalue weighted by Crippen LogP contribution is 2.61. The van der Waals surface area contributed by atoms with Gasteiger partial charge < -0.3 is 10.2 Å². The molecule has 106 valence electrons. The van der Waals surface area contributed by atoms with Crippen LogP contribution in [0.1, 0.15) is 35.8 Å². The van der Waals surface area contributed by atoms with Crippen molar-refractivity contribution in [2.24, 2.45) is 11.8 Å². The van der Waals surface area contributed by atoms with E-state index in [-0.39, 0.29) is 23.6 Å². The molecule has 4 aliphatic carbocycles. The van der Waals surface area contributed by atoms with Gasteiger partial charge in [0.1, 0.15) is 0 Å². The Morgan fingerprint density at radius 1 is 0.900 bits per heavy atom. The zero-order valence-electron chi connectivity index (χ0n) is 11.2. The van der Waals surface area contributed by atoms with Crippen molar-refractivity contribution in [1.29, 1.82) is 0 Å². The van der Waals surface area contributed by atoms with E-state index in [1.807, 2.05) is 0 Å². The van der Waals surface area contributed by atoms with Crippen LogP contribution in [0.4, 0.5) is 0 Å². The Labute approximate surface area is 126 Å². The molecule has 2 bridgehead atoms. The van der Waals surface area contributed by atoms with E-state index in [4.69, 9.17) is 0 Å². The van der Waals surface area contributed by atoms with E-state index >= 15 is 0 Å². The lowest BCUT2D eigenvalue weighted by atomic mass is 9.56. The van der Waals surface area contributed by atoms with E-state index < -0.39 is 0 Å². The zero-order valence-corrected chi connectivity index (χ0v) is 12.8. The van der Waals surface area contributed by atoms with Gasteiger partial charge in [-0.2, -0.15) is 0 Å². The minimum absolute atomic E-state index is 0.244. The van der Waals surface area contributed by atoms with Crippen LogP contribution in [0, 0.1) is 11.8 Å². The molecule has 0 saturated heterocycles. The molecule has 1 aromatic heterocycles. The van der Waals surface area contributed by atoms with Crippen LogP contribution in [-0.2, 0) is 6.54 Å². The predicted octanol–water partition coefficient (Wildman–Crippen LogP) is 3.63. The molecule has 4 aliphatic rings. The Hall–Kier alpha value is -1.16. The number of alkyl halides is 1. The van der Waals surface area contributed by atoms with Crippen LogP contribution in [0.25, 0.3) is 0 Å². The molecule has 0 saturated carbocycles. The topological polar surface area (TPSA) is 45.4 Å². The van der Waals surface area contributed by atoms with Crippen LogP contribution in [0.2, 0.25) is 0 Å². The molecule has 4 heteroatoms. The van der Waals surface area contributed by atoms with Gasteiger partial charge in [-0.3, -0.25) is 4.57 Å². The lowest BCUT2D eigenvalue weighted by molar-refractivity contribution is 0.306. The number of aromatic hydroxyl groups is 2. The summed E-state index contributed by atoms with van der Waals surface area (Å²) in [6.45, 7) is 0.679. The summed E-state index contributed by atoms with van der Waals surface area (Å²) in [5.41, 5.74) is 1.94. The molecule has 0 spiro atoms. The summed E-state index contributed by atoms with van der Waals surface area (Å²) in [5, 5.41) is 22.0. The van der Waals surface area contributed by atoms with Crippen LogP contribution in [-0.4, -0.2) is 20.1 Å². The maximum absolute atomic E-state index is 10.5. The van der Waals surface area contributed by atoms with Gasteiger partial charge >= 0.3 is 0 Å². The molecule has 5 rings (SSSR count). The summed E-state index contributed by atoms with van der Waals surface area (Å²) in [6.07, 6.45) is 10.9. The second kappa shape index (κ2) is 4.42. The van der Waals surface area contributed by atoms with Crippen molar-refractivity contribution >= 4 is 15.9 Å². The fraction of sp³-hybridized carbons (Fsp3) is 0.500. The second-order valence-corrected chi connectivity index (χ2v) is 6.79. The van der Waals surface area contributed by atoms with Crippen LogP contribution in [0.3, 0.4) is 0 Å². The molecule has 0 amide bonds. The minimum Gasteiger partial charge on any atom is -0.494 e. The number of halogens is 1. The van der Waals surface area contributed by atoms with Gasteiger partial charge in [0.05, 0.1) is 0 Å². The number of unbranched alkanes of at least 4 members (excludes halogenated alkanes) is 1. The van der Waals surface area contributed by atoms with Gasteiger partial charge in [-0.25, -0.2) is 0 Å². The van der Waals surface area contributed by atoms with E-state index in [1.165, 1.54) is 0 Å². The number of nitrogens with zero attached hydrogens (tertiary/aromatic N) is 1. The lowest BCUT2D eigenvalue weighted by Crippen LogP contribution is -2.36. The van der Waals surface area contributed by atoms with Crippen molar-refractivity contribution in [3.63, 3.8) is 0 Å². The molecule has 1 heterocycles. The minimum atomic E-state index is 0.244. The fourth-order valence-corrected chi connectivity index (χ4v) is 4.42. The normalized spacial score (nSPS) is 32.0. The molecular weight excluding hydrogens is 318 g/mol. The molecule has 4 atom stereocenters. The largest absolute Gasteiger partial charge is 0.494 e. The van der Waals surface area contributed by atoms with Gasteiger partial charge in [0.15, 0.2) is 11.8 Å². The maximum atomic E-state index is 10.5. The monoisotopic (exact) mass is 335 g/mol. The SMILES string of the molecule is Oc1c2c(c(O)n1CCCCBr)C1C=CC2C2C=CC12. The first-order valence-corrected chi connectivity index (χ1v) is 8.43. The Morgan fingerprint density at radius 2 is 1.45 bits per heavy atom. The van der Waals surface area contributed by atoms with Crippen LogP contribution in [0.5, 0.6) is 11.8 Å². The third kappa shape index (κ3) is 1.46. The van der Waals surface area contributed by atoms with E-state index in [9.17, 15) is 10.2 Å². The van der Waals surface area contributed by atoms with Gasteiger partial charge in [-0.1, -0.05) is 40.2 Å². The maximum Gasteiger partial charge on any atom is 0.198 e.